The highest BCUT2D eigenvalue weighted by molar-refractivity contribution is 5.37. The van der Waals surface area contributed by atoms with E-state index < -0.39 is 0 Å². The zero-order valence-electron chi connectivity index (χ0n) is 10.3. The highest BCUT2D eigenvalue weighted by Crippen LogP contribution is 1.70. The smallest absolute Gasteiger partial charge is 0.0184 e. The molecule has 1 aromatic carbocycles. The van der Waals surface area contributed by atoms with E-state index in [4.69, 9.17) is 0 Å². The summed E-state index contributed by atoms with van der Waals surface area (Å²) in [7, 11) is 0. The molecule has 0 fully saturated rings. The van der Waals surface area contributed by atoms with Crippen molar-refractivity contribution in [3.63, 3.8) is 0 Å². The summed E-state index contributed by atoms with van der Waals surface area (Å²) in [6.07, 6.45) is 6.00. The van der Waals surface area contributed by atoms with Crippen molar-refractivity contribution in [2.45, 2.75) is 6.92 Å². The minimum absolute atomic E-state index is 0.919. The molecule has 1 rings (SSSR count). The minimum Gasteiger partial charge on any atom is -0.0918 e. The Bertz CT molecular complexity index is 662. The molecule has 0 atom stereocenters. The first-order chi connectivity index (χ1) is 8.15. The van der Waals surface area contributed by atoms with Gasteiger partial charge in [0.1, 0.15) is 0 Å². The molecule has 0 bridgehead atoms. The van der Waals surface area contributed by atoms with Gasteiger partial charge in [-0.2, -0.15) is 0 Å². The van der Waals surface area contributed by atoms with Gasteiger partial charge in [0, 0.05) is 0 Å². The summed E-state index contributed by atoms with van der Waals surface area (Å²) in [5, 5.41) is 3.86. The Hall–Kier alpha value is -2.08. The Morgan fingerprint density at radius 2 is 1.65 bits per heavy atom. The van der Waals surface area contributed by atoms with Gasteiger partial charge in [-0.25, -0.2) is 0 Å². The van der Waals surface area contributed by atoms with Crippen molar-refractivity contribution in [1.29, 1.82) is 0 Å². The van der Waals surface area contributed by atoms with Crippen LogP contribution in [0.1, 0.15) is 6.92 Å². The third-order valence-corrected chi connectivity index (χ3v) is 2.40. The maximum absolute atomic E-state index is 4.07. The highest BCUT2D eigenvalue weighted by Gasteiger charge is 1.78. The molecule has 0 nitrogen and oxygen atoms in total. The molecule has 0 aliphatic carbocycles. The largest absolute Gasteiger partial charge is 0.0918 e. The summed E-state index contributed by atoms with van der Waals surface area (Å²) >= 11 is 0. The standard InChI is InChI=1S/C17H18/c1-5-6-11-17-13-12-14(2)9-7-8-10-15(3)16(17)4/h5-13H,2-4H2,1H3/b6-5-,9-7?,10-8?,13-12?,17-11-. The monoisotopic (exact) mass is 222 g/mol. The van der Waals surface area contributed by atoms with Crippen LogP contribution in [0.15, 0.2) is 48.6 Å². The lowest BCUT2D eigenvalue weighted by atomic mass is 10.2. The Labute approximate surface area is 103 Å². The molecule has 17 heavy (non-hydrogen) atoms. The quantitative estimate of drug-likeness (QED) is 0.674. The second-order valence-electron chi connectivity index (χ2n) is 3.78. The molecule has 0 unspecified atom stereocenters. The van der Waals surface area contributed by atoms with Gasteiger partial charge in [0.25, 0.3) is 0 Å². The van der Waals surface area contributed by atoms with Crippen LogP contribution in [0.4, 0.5) is 0 Å². The van der Waals surface area contributed by atoms with Crippen LogP contribution >= 0.6 is 0 Å². The molecule has 0 radical (unpaired) electrons. The molecule has 0 spiro atoms. The summed E-state index contributed by atoms with van der Waals surface area (Å²) in [5.41, 5.74) is 0. The summed E-state index contributed by atoms with van der Waals surface area (Å²) < 4.78 is 0. The Morgan fingerprint density at radius 1 is 0.941 bits per heavy atom. The third kappa shape index (κ3) is 4.12. The predicted molar refractivity (Wildman–Crippen MR) is 78.4 cm³/mol. The van der Waals surface area contributed by atoms with E-state index in [0.29, 0.717) is 0 Å². The second kappa shape index (κ2) is 6.49. The van der Waals surface area contributed by atoms with Crippen LogP contribution in [0, 0.1) is 0 Å². The zero-order valence-corrected chi connectivity index (χ0v) is 10.3. The van der Waals surface area contributed by atoms with Crippen molar-refractivity contribution in [2.75, 3.05) is 0 Å². The number of allylic oxidation sites excluding steroid dienone is 2. The molecule has 0 amide bonds. The molecule has 86 valence electrons. The van der Waals surface area contributed by atoms with Crippen LogP contribution in [0.3, 0.4) is 0 Å². The van der Waals surface area contributed by atoms with Crippen LogP contribution in [0.5, 0.6) is 0 Å². The van der Waals surface area contributed by atoms with E-state index in [1.54, 1.807) is 0 Å². The van der Waals surface area contributed by atoms with Crippen molar-refractivity contribution in [1.82, 2.24) is 0 Å². The average Bonchev–Trinajstić information content (AvgIpc) is 2.33. The van der Waals surface area contributed by atoms with Crippen molar-refractivity contribution in [3.05, 3.63) is 69.4 Å². The number of hydrogen-bond donors (Lipinski definition) is 0. The fourth-order valence-corrected chi connectivity index (χ4v) is 1.35. The van der Waals surface area contributed by atoms with Gasteiger partial charge < -0.3 is 0 Å². The van der Waals surface area contributed by atoms with Gasteiger partial charge in [0.05, 0.1) is 0 Å². The molecule has 0 heteroatoms. The van der Waals surface area contributed by atoms with Gasteiger partial charge in [-0.3, -0.25) is 0 Å². The number of hydrogen-bond acceptors (Lipinski definition) is 0. The molecule has 0 saturated heterocycles. The maximum Gasteiger partial charge on any atom is -0.0184 e. The molecule has 0 saturated carbocycles. The van der Waals surface area contributed by atoms with E-state index in [0.717, 1.165) is 20.9 Å². The van der Waals surface area contributed by atoms with E-state index in [1.165, 1.54) is 0 Å². The lowest BCUT2D eigenvalue weighted by molar-refractivity contribution is 1.49. The van der Waals surface area contributed by atoms with E-state index >= 15 is 0 Å². The fourth-order valence-electron chi connectivity index (χ4n) is 1.35. The van der Waals surface area contributed by atoms with Gasteiger partial charge in [-0.05, 0) is 27.8 Å². The molecule has 0 N–H and O–H groups in total. The number of rotatable bonds is 1. The molecule has 1 aromatic rings. The molecule has 0 aliphatic rings. The maximum atomic E-state index is 4.07. The third-order valence-electron chi connectivity index (χ3n) is 2.40. The summed E-state index contributed by atoms with van der Waals surface area (Å²) in [5.74, 6) is 0. The highest BCUT2D eigenvalue weighted by atomic mass is 13.8. The van der Waals surface area contributed by atoms with Crippen LogP contribution < -0.4 is 20.9 Å². The van der Waals surface area contributed by atoms with Crippen LogP contribution in [-0.2, 0) is 0 Å². The fraction of sp³-hybridized carbons (Fsp3) is 0.0588. The topological polar surface area (TPSA) is 0 Å². The molecule has 0 aromatic heterocycles. The van der Waals surface area contributed by atoms with E-state index in [1.807, 2.05) is 61.5 Å². The average molecular weight is 222 g/mol. The van der Waals surface area contributed by atoms with Crippen LogP contribution in [0.2, 0.25) is 0 Å². The first-order valence-electron chi connectivity index (χ1n) is 5.58. The lowest BCUT2D eigenvalue weighted by Crippen LogP contribution is -2.34. The van der Waals surface area contributed by atoms with Gasteiger partial charge in [0.15, 0.2) is 0 Å². The SMILES string of the molecule is C=c1ccccc(=C)c(=C)/c(=C\C=C/C)cc1. The van der Waals surface area contributed by atoms with Gasteiger partial charge in [0.2, 0.25) is 0 Å². The molecule has 0 aliphatic heterocycles. The lowest BCUT2D eigenvalue weighted by Gasteiger charge is -1.85. The Morgan fingerprint density at radius 3 is 2.35 bits per heavy atom. The Balaban J connectivity index is 3.83. The van der Waals surface area contributed by atoms with Crippen LogP contribution in [-0.4, -0.2) is 0 Å². The Kier molecular flexibility index (Phi) is 4.96. The van der Waals surface area contributed by atoms with Crippen molar-refractivity contribution >= 4 is 25.8 Å². The zero-order chi connectivity index (χ0) is 12.7. The first-order valence-corrected chi connectivity index (χ1v) is 5.58. The normalized spacial score (nSPS) is 11.5. The summed E-state index contributed by atoms with van der Waals surface area (Å²) in [6.45, 7) is 14.0. The van der Waals surface area contributed by atoms with E-state index in [-0.39, 0.29) is 0 Å². The van der Waals surface area contributed by atoms with Gasteiger partial charge >= 0.3 is 0 Å². The summed E-state index contributed by atoms with van der Waals surface area (Å²) in [4.78, 5) is 0. The van der Waals surface area contributed by atoms with Crippen LogP contribution in [0.25, 0.3) is 25.8 Å². The molecular weight excluding hydrogens is 204 g/mol. The summed E-state index contributed by atoms with van der Waals surface area (Å²) in [6, 6.07) is 11.8. The van der Waals surface area contributed by atoms with Crippen molar-refractivity contribution in [2.24, 2.45) is 0 Å². The van der Waals surface area contributed by atoms with Crippen molar-refractivity contribution in [3.8, 4) is 0 Å². The first kappa shape index (κ1) is 13.0. The van der Waals surface area contributed by atoms with E-state index in [9.17, 15) is 0 Å². The second-order valence-corrected chi connectivity index (χ2v) is 3.78. The van der Waals surface area contributed by atoms with Gasteiger partial charge in [-0.15, -0.1) is 0 Å². The molecule has 0 heterocycles. The van der Waals surface area contributed by atoms with Gasteiger partial charge in [-0.1, -0.05) is 74.4 Å². The minimum atomic E-state index is 0.919. The predicted octanol–water partition coefficient (Wildman–Crippen LogP) is 1.40. The van der Waals surface area contributed by atoms with E-state index in [2.05, 4.69) is 19.7 Å². The van der Waals surface area contributed by atoms with Crippen molar-refractivity contribution < 1.29 is 0 Å². The molecular formula is C17H18.